The summed E-state index contributed by atoms with van der Waals surface area (Å²) in [6.45, 7) is 12.5. The number of hydrogen-bond acceptors (Lipinski definition) is 4. The molecule has 1 aliphatic rings. The van der Waals surface area contributed by atoms with Crippen molar-refractivity contribution < 1.29 is 16.5 Å². The molecular formula is C12H24O4Si4. The first-order valence-corrected chi connectivity index (χ1v) is 16.9. The molecule has 0 N–H and O–H groups in total. The van der Waals surface area contributed by atoms with Gasteiger partial charge in [-0.25, -0.2) is 0 Å². The van der Waals surface area contributed by atoms with Crippen LogP contribution in [-0.2, 0) is 16.5 Å². The van der Waals surface area contributed by atoms with Crippen molar-refractivity contribution in [3.8, 4) is 0 Å². The van der Waals surface area contributed by atoms with Crippen molar-refractivity contribution in [2.24, 2.45) is 0 Å². The second-order valence-corrected chi connectivity index (χ2v) is 19.6. The van der Waals surface area contributed by atoms with E-state index in [9.17, 15) is 0 Å². The summed E-state index contributed by atoms with van der Waals surface area (Å²) in [6, 6.07) is 10.2. The van der Waals surface area contributed by atoms with Crippen LogP contribution in [0.15, 0.2) is 30.3 Å². The number of hydrogen-bond donors (Lipinski definition) is 0. The lowest BCUT2D eigenvalue weighted by molar-refractivity contribution is 0.254. The van der Waals surface area contributed by atoms with Gasteiger partial charge < -0.3 is 16.5 Å². The second kappa shape index (κ2) is 5.61. The molecule has 2 rings (SSSR count). The molecule has 8 heteroatoms. The lowest BCUT2D eigenvalue weighted by Gasteiger charge is -2.43. The van der Waals surface area contributed by atoms with E-state index in [1.54, 1.807) is 0 Å². The third-order valence-electron chi connectivity index (χ3n) is 2.84. The summed E-state index contributed by atoms with van der Waals surface area (Å²) in [5.41, 5.74) is 0. The fraction of sp³-hybridized carbons (Fsp3) is 0.500. The molecule has 1 saturated heterocycles. The van der Waals surface area contributed by atoms with Gasteiger partial charge in [-0.1, -0.05) is 30.3 Å². The van der Waals surface area contributed by atoms with E-state index in [4.69, 9.17) is 16.5 Å². The molecule has 1 heterocycles. The first-order chi connectivity index (χ1) is 9.09. The van der Waals surface area contributed by atoms with Crippen LogP contribution in [0.1, 0.15) is 0 Å². The fourth-order valence-corrected chi connectivity index (χ4v) is 20.2. The van der Waals surface area contributed by atoms with Crippen LogP contribution in [-0.4, -0.2) is 35.0 Å². The Morgan fingerprint density at radius 2 is 1.15 bits per heavy atom. The van der Waals surface area contributed by atoms with Gasteiger partial charge in [0.05, 0.1) is 0 Å². The lowest BCUT2D eigenvalue weighted by atomic mass is 10.4. The smallest absolute Gasteiger partial charge is 0.338 e. The SMILES string of the molecule is C[Si]1(C)O[SiH](c2ccccc2)O[Si](C)(C)O[Si](C)(C)O1. The molecule has 0 aliphatic carbocycles. The third-order valence-corrected chi connectivity index (χ3v) is 17.9. The normalized spacial score (nSPS) is 25.7. The Morgan fingerprint density at radius 1 is 0.700 bits per heavy atom. The van der Waals surface area contributed by atoms with E-state index >= 15 is 0 Å². The zero-order valence-corrected chi connectivity index (χ0v) is 17.3. The van der Waals surface area contributed by atoms with Crippen molar-refractivity contribution in [1.82, 2.24) is 0 Å². The van der Waals surface area contributed by atoms with Crippen LogP contribution < -0.4 is 5.19 Å². The van der Waals surface area contributed by atoms with Gasteiger partial charge in [0, 0.05) is 0 Å². The zero-order chi connectivity index (χ0) is 15.0. The quantitative estimate of drug-likeness (QED) is 0.733. The molecule has 0 aromatic heterocycles. The Labute approximate surface area is 126 Å². The summed E-state index contributed by atoms with van der Waals surface area (Å²) < 4.78 is 25.3. The van der Waals surface area contributed by atoms with E-state index in [0.29, 0.717) is 0 Å². The number of benzene rings is 1. The maximum Gasteiger partial charge on any atom is 0.338 e. The Kier molecular flexibility index (Phi) is 4.57. The maximum absolute atomic E-state index is 6.36. The Bertz CT molecular complexity index is 442. The average Bonchev–Trinajstić information content (AvgIpc) is 2.23. The maximum atomic E-state index is 6.36. The zero-order valence-electron chi connectivity index (χ0n) is 13.1. The van der Waals surface area contributed by atoms with Gasteiger partial charge in [-0.2, -0.15) is 0 Å². The standard InChI is InChI=1S/C12H24O4Si4/c1-18(2)13-17(12-10-8-7-9-11-12)14-19(3,4)16-20(5,6)15-18/h7-11,17H,1-6H3. The molecule has 0 bridgehead atoms. The van der Waals surface area contributed by atoms with Crippen molar-refractivity contribution in [3.63, 3.8) is 0 Å². The molecule has 112 valence electrons. The molecular weight excluding hydrogens is 320 g/mol. The molecule has 0 atom stereocenters. The van der Waals surface area contributed by atoms with Crippen molar-refractivity contribution in [1.29, 1.82) is 0 Å². The van der Waals surface area contributed by atoms with Crippen LogP contribution in [0, 0.1) is 0 Å². The molecule has 0 spiro atoms. The second-order valence-electron chi connectivity index (χ2n) is 6.38. The highest BCUT2D eigenvalue weighted by atomic mass is 28.5. The van der Waals surface area contributed by atoms with Crippen molar-refractivity contribution in [2.45, 2.75) is 39.3 Å². The van der Waals surface area contributed by atoms with E-state index in [2.05, 4.69) is 51.4 Å². The van der Waals surface area contributed by atoms with Crippen LogP contribution in [0.2, 0.25) is 39.3 Å². The van der Waals surface area contributed by atoms with Crippen LogP contribution in [0.4, 0.5) is 0 Å². The molecule has 1 aromatic carbocycles. The van der Waals surface area contributed by atoms with E-state index in [1.165, 1.54) is 0 Å². The van der Waals surface area contributed by atoms with E-state index < -0.39 is 35.0 Å². The van der Waals surface area contributed by atoms with Crippen LogP contribution in [0.5, 0.6) is 0 Å². The Hall–Kier alpha value is -0.0725. The first kappa shape index (κ1) is 16.3. The predicted octanol–water partition coefficient (Wildman–Crippen LogP) is 2.30. The average molecular weight is 345 g/mol. The molecule has 1 aliphatic heterocycles. The monoisotopic (exact) mass is 344 g/mol. The molecule has 1 aromatic rings. The van der Waals surface area contributed by atoms with Gasteiger partial charge in [-0.3, -0.25) is 0 Å². The number of rotatable bonds is 1. The van der Waals surface area contributed by atoms with Crippen molar-refractivity contribution >= 4 is 40.2 Å². The summed E-state index contributed by atoms with van der Waals surface area (Å²) in [7, 11) is -8.59. The molecule has 0 radical (unpaired) electrons. The highest BCUT2D eigenvalue weighted by Crippen LogP contribution is 2.26. The Morgan fingerprint density at radius 3 is 1.60 bits per heavy atom. The van der Waals surface area contributed by atoms with Crippen molar-refractivity contribution in [2.75, 3.05) is 0 Å². The van der Waals surface area contributed by atoms with E-state index in [-0.39, 0.29) is 0 Å². The van der Waals surface area contributed by atoms with Gasteiger partial charge in [-0.15, -0.1) is 0 Å². The summed E-state index contributed by atoms with van der Waals surface area (Å²) in [5.74, 6) is 0. The highest BCUT2D eigenvalue weighted by Gasteiger charge is 2.47. The first-order valence-electron chi connectivity index (χ1n) is 6.90. The van der Waals surface area contributed by atoms with Gasteiger partial charge in [0.1, 0.15) is 0 Å². The third kappa shape index (κ3) is 4.46. The minimum Gasteiger partial charge on any atom is -0.416 e. The summed E-state index contributed by atoms with van der Waals surface area (Å²) in [6.07, 6.45) is 0. The molecule has 0 unspecified atom stereocenters. The van der Waals surface area contributed by atoms with Gasteiger partial charge >= 0.3 is 35.0 Å². The van der Waals surface area contributed by atoms with Crippen molar-refractivity contribution in [3.05, 3.63) is 30.3 Å². The van der Waals surface area contributed by atoms with Gasteiger partial charge in [0.25, 0.3) is 0 Å². The molecule has 4 nitrogen and oxygen atoms in total. The molecule has 1 fully saturated rings. The summed E-state index contributed by atoms with van der Waals surface area (Å²) >= 11 is 0. The minimum atomic E-state index is -2.22. The van der Waals surface area contributed by atoms with E-state index in [0.717, 1.165) is 5.19 Å². The van der Waals surface area contributed by atoms with Crippen LogP contribution >= 0.6 is 0 Å². The Balaban J connectivity index is 2.30. The van der Waals surface area contributed by atoms with Gasteiger partial charge in [0.15, 0.2) is 0 Å². The lowest BCUT2D eigenvalue weighted by Crippen LogP contribution is -2.63. The highest BCUT2D eigenvalue weighted by molar-refractivity contribution is 6.91. The largest absolute Gasteiger partial charge is 0.416 e. The summed E-state index contributed by atoms with van der Waals surface area (Å²) in [4.78, 5) is 0. The molecule has 0 amide bonds. The topological polar surface area (TPSA) is 36.9 Å². The van der Waals surface area contributed by atoms with Gasteiger partial charge in [-0.05, 0) is 44.5 Å². The predicted molar refractivity (Wildman–Crippen MR) is 90.0 cm³/mol. The van der Waals surface area contributed by atoms with E-state index in [1.807, 2.05) is 18.2 Å². The minimum absolute atomic E-state index is 1.15. The fourth-order valence-electron chi connectivity index (χ4n) is 2.54. The van der Waals surface area contributed by atoms with Crippen LogP contribution in [0.3, 0.4) is 0 Å². The molecule has 20 heavy (non-hydrogen) atoms. The van der Waals surface area contributed by atoms with Gasteiger partial charge in [0.2, 0.25) is 0 Å². The summed E-state index contributed by atoms with van der Waals surface area (Å²) in [5, 5.41) is 1.15. The van der Waals surface area contributed by atoms with Crippen LogP contribution in [0.25, 0.3) is 0 Å². The molecule has 0 saturated carbocycles.